The van der Waals surface area contributed by atoms with Crippen LogP contribution in [0.15, 0.2) is 24.3 Å². The largest absolute Gasteiger partial charge is 0.507 e. The number of hydrogen-bond acceptors (Lipinski definition) is 20. The summed E-state index contributed by atoms with van der Waals surface area (Å²) in [4.78, 5) is 173. The molecule has 0 aliphatic heterocycles. The van der Waals surface area contributed by atoms with Gasteiger partial charge in [0.2, 0.25) is 70.6 Å². The summed E-state index contributed by atoms with van der Waals surface area (Å²) in [6, 6.07) is -0.807. The fourth-order valence-electron chi connectivity index (χ4n) is 6.79. The van der Waals surface area contributed by atoms with E-state index in [0.29, 0.717) is 0 Å². The van der Waals surface area contributed by atoms with E-state index in [4.69, 9.17) is 21.7 Å². The maximum absolute atomic E-state index is 14.0. The summed E-state index contributed by atoms with van der Waals surface area (Å²) in [5, 5.41) is 68.0. The first-order chi connectivity index (χ1) is 35.9. The van der Waals surface area contributed by atoms with Crippen molar-refractivity contribution in [1.29, 1.82) is 0 Å². The molecule has 0 aromatic heterocycles. The smallest absolute Gasteiger partial charge is 0.305 e. The Morgan fingerprint density at radius 3 is 1.09 bits per heavy atom. The van der Waals surface area contributed by atoms with Crippen LogP contribution in [0.4, 0.5) is 11.4 Å². The quantitative estimate of drug-likeness (QED) is 0.0218. The van der Waals surface area contributed by atoms with E-state index in [1.54, 1.807) is 0 Å². The monoisotopic (exact) mass is 1070 g/mol. The first-order valence-electron chi connectivity index (χ1n) is 22.8. The van der Waals surface area contributed by atoms with Gasteiger partial charge >= 0.3 is 11.9 Å². The van der Waals surface area contributed by atoms with Crippen LogP contribution in [0.5, 0.6) is 11.5 Å². The minimum atomic E-state index is -1.63. The Morgan fingerprint density at radius 1 is 0.434 bits per heavy atom. The van der Waals surface area contributed by atoms with Gasteiger partial charge in [-0.2, -0.15) is 0 Å². The molecule has 76 heavy (non-hydrogen) atoms. The summed E-state index contributed by atoms with van der Waals surface area (Å²) in [6.07, 6.45) is -1.74. The van der Waals surface area contributed by atoms with Crippen LogP contribution in [0.2, 0.25) is 0 Å². The van der Waals surface area contributed by atoms with E-state index in [-0.39, 0.29) is 48.7 Å². The number of nitrogens with two attached hydrogens (primary N) is 2. The summed E-state index contributed by atoms with van der Waals surface area (Å²) in [6.45, 7) is -1.40. The van der Waals surface area contributed by atoms with Crippen molar-refractivity contribution in [3.05, 3.63) is 46.5 Å². The third kappa shape index (κ3) is 18.5. The highest BCUT2D eigenvalue weighted by Crippen LogP contribution is 2.42. The zero-order valence-corrected chi connectivity index (χ0v) is 40.8. The number of rotatable bonds is 30. The van der Waals surface area contributed by atoms with E-state index >= 15 is 0 Å². The number of aliphatic carboxylic acids is 2. The number of amides is 10. The SMILES string of the molecule is C[C@H](NC(=O)CNC(=O)[C@H](CC(=O)O)NC(=O)CNC(=O)CN)C(=O)NCCNc1ccc(NCCNC(=O)[C@H](C)NC(=O)CNC(=O)[C@H](CC(=O)O)NC(=O)CNC(=O)CN)c2c1C(=O)c1c(O)ccc(O)c1C2=O. The number of carbonyl (C=O) groups excluding carboxylic acids is 12. The average Bonchev–Trinajstić information content (AvgIpc) is 3.37. The standard InChI is InChI=1S/C44H58N14O18/c1-19(55-29(63)17-53-43(75)23(11-33(67)68)57-31(65)15-51-27(61)13-45)41(73)49-9-7-47-21-3-4-22(36-35(21)39(71)37-25(59)5-6-26(60)38(37)40(36)72)48-8-10-50-42(74)20(2)56-30(64)18-54-44(76)24(12-34(69)70)58-32(66)16-52-28(62)14-46/h3-6,19-20,23-24,47-48,59-60H,7-18,45-46H2,1-2H3,(H,49,73)(H,50,74)(H,51,61)(H,52,62)(H,53,75)(H,54,76)(H,55,63)(H,56,64)(H,57,65)(H,58,66)(H,67,68)(H,69,70)/t19-,20-,23-,24-/m0/s1. The minimum absolute atomic E-state index is 0.0564. The maximum atomic E-state index is 14.0. The van der Waals surface area contributed by atoms with Crippen LogP contribution in [0, 0.1) is 0 Å². The molecule has 0 saturated carbocycles. The molecule has 3 rings (SSSR count). The number of fused-ring (bicyclic) bond motifs is 2. The number of nitrogens with one attached hydrogen (secondary N) is 12. The summed E-state index contributed by atoms with van der Waals surface area (Å²) >= 11 is 0. The van der Waals surface area contributed by atoms with Crippen LogP contribution in [0.1, 0.15) is 58.5 Å². The van der Waals surface area contributed by atoms with Crippen LogP contribution >= 0.6 is 0 Å². The number of phenols is 2. The molecule has 32 heteroatoms. The number of hydrogen-bond donors (Lipinski definition) is 18. The molecule has 2 aromatic carbocycles. The number of anilines is 2. The molecule has 0 spiro atoms. The minimum Gasteiger partial charge on any atom is -0.507 e. The third-order valence-corrected chi connectivity index (χ3v) is 10.5. The molecule has 1 aliphatic rings. The van der Waals surface area contributed by atoms with Gasteiger partial charge in [0.25, 0.3) is 0 Å². The zero-order valence-electron chi connectivity index (χ0n) is 40.8. The molecule has 2 aromatic rings. The maximum Gasteiger partial charge on any atom is 0.305 e. The van der Waals surface area contributed by atoms with Gasteiger partial charge in [-0.15, -0.1) is 0 Å². The Labute approximate surface area is 430 Å². The molecular formula is C44H58N14O18. The van der Waals surface area contributed by atoms with Gasteiger partial charge in [0.05, 0.1) is 74.4 Å². The number of aromatic hydroxyl groups is 2. The molecule has 412 valence electrons. The molecular weight excluding hydrogens is 1010 g/mol. The first kappa shape index (κ1) is 60.8. The fraction of sp³-hybridized carbons (Fsp3) is 0.409. The molecule has 32 nitrogen and oxygen atoms in total. The van der Waals surface area contributed by atoms with Gasteiger partial charge in [-0.1, -0.05) is 0 Å². The van der Waals surface area contributed by atoms with Gasteiger partial charge in [-0.3, -0.25) is 67.1 Å². The lowest BCUT2D eigenvalue weighted by Crippen LogP contribution is -2.53. The Bertz CT molecular complexity index is 2450. The first-order valence-corrected chi connectivity index (χ1v) is 22.8. The van der Waals surface area contributed by atoms with Crippen molar-refractivity contribution in [3.63, 3.8) is 0 Å². The predicted octanol–water partition coefficient (Wildman–Crippen LogP) is -7.76. The summed E-state index contributed by atoms with van der Waals surface area (Å²) in [7, 11) is 0. The molecule has 0 bridgehead atoms. The number of carbonyl (C=O) groups is 14. The van der Waals surface area contributed by atoms with E-state index in [9.17, 15) is 77.3 Å². The van der Waals surface area contributed by atoms with Crippen molar-refractivity contribution in [2.75, 3.05) is 76.1 Å². The number of phenolic OH excluding ortho intramolecular Hbond substituents is 2. The second-order valence-corrected chi connectivity index (χ2v) is 16.3. The van der Waals surface area contributed by atoms with Crippen LogP contribution in [-0.4, -0.2) is 193 Å². The number of ketones is 2. The van der Waals surface area contributed by atoms with E-state index in [2.05, 4.69) is 63.8 Å². The van der Waals surface area contributed by atoms with Gasteiger partial charge in [0.1, 0.15) is 35.7 Å². The van der Waals surface area contributed by atoms with E-state index < -0.39 is 181 Å². The second kappa shape index (κ2) is 29.3. The van der Waals surface area contributed by atoms with E-state index in [0.717, 1.165) is 12.1 Å². The van der Waals surface area contributed by atoms with Crippen molar-refractivity contribution in [2.24, 2.45) is 11.5 Å². The molecule has 0 unspecified atom stereocenters. The number of carboxylic acid groups (broad SMARTS) is 2. The van der Waals surface area contributed by atoms with Crippen molar-refractivity contribution in [2.45, 2.75) is 50.9 Å². The van der Waals surface area contributed by atoms with E-state index in [1.165, 1.54) is 26.0 Å². The molecule has 0 saturated heterocycles. The Hall–Kier alpha value is -9.46. The van der Waals surface area contributed by atoms with Gasteiger partial charge in [0.15, 0.2) is 0 Å². The highest BCUT2D eigenvalue weighted by Gasteiger charge is 2.38. The highest BCUT2D eigenvalue weighted by molar-refractivity contribution is 6.33. The lowest BCUT2D eigenvalue weighted by atomic mass is 9.81. The van der Waals surface area contributed by atoms with Crippen molar-refractivity contribution < 1.29 is 87.5 Å². The van der Waals surface area contributed by atoms with Gasteiger partial charge < -0.3 is 95.7 Å². The fourth-order valence-corrected chi connectivity index (χ4v) is 6.79. The molecule has 0 heterocycles. The highest BCUT2D eigenvalue weighted by atomic mass is 16.4. The van der Waals surface area contributed by atoms with Crippen LogP contribution in [0.3, 0.4) is 0 Å². The Morgan fingerprint density at radius 2 is 0.763 bits per heavy atom. The normalized spacial score (nSPS) is 12.7. The van der Waals surface area contributed by atoms with Crippen LogP contribution in [0.25, 0.3) is 0 Å². The van der Waals surface area contributed by atoms with Crippen LogP contribution < -0.4 is 75.3 Å². The average molecular weight is 1070 g/mol. The van der Waals surface area contributed by atoms with Crippen molar-refractivity contribution in [1.82, 2.24) is 53.2 Å². The second-order valence-electron chi connectivity index (χ2n) is 16.3. The summed E-state index contributed by atoms with van der Waals surface area (Å²) < 4.78 is 0. The van der Waals surface area contributed by atoms with Gasteiger partial charge in [0, 0.05) is 37.6 Å². The molecule has 0 fully saturated rings. The molecule has 20 N–H and O–H groups in total. The van der Waals surface area contributed by atoms with E-state index in [1.807, 2.05) is 0 Å². The topological polar surface area (TPSA) is 516 Å². The lowest BCUT2D eigenvalue weighted by molar-refractivity contribution is -0.141. The molecule has 4 atom stereocenters. The predicted molar refractivity (Wildman–Crippen MR) is 260 cm³/mol. The zero-order chi connectivity index (χ0) is 56.8. The lowest BCUT2D eigenvalue weighted by Gasteiger charge is -2.25. The number of carboxylic acids is 2. The van der Waals surface area contributed by atoms with Gasteiger partial charge in [-0.25, -0.2) is 0 Å². The molecule has 1 aliphatic carbocycles. The number of benzene rings is 2. The molecule has 10 amide bonds. The van der Waals surface area contributed by atoms with Crippen LogP contribution in [-0.2, 0) is 57.5 Å². The van der Waals surface area contributed by atoms with Crippen molar-refractivity contribution in [3.8, 4) is 11.5 Å². The molecule has 0 radical (unpaired) electrons. The Kier molecular flexibility index (Phi) is 23.5. The van der Waals surface area contributed by atoms with Gasteiger partial charge in [-0.05, 0) is 38.1 Å². The third-order valence-electron chi connectivity index (χ3n) is 10.5. The van der Waals surface area contributed by atoms with Crippen molar-refractivity contribution >= 4 is 94.0 Å². The summed E-state index contributed by atoms with van der Waals surface area (Å²) in [5.41, 5.74) is 8.96. The Balaban J connectivity index is 1.58. The summed E-state index contributed by atoms with van der Waals surface area (Å²) in [5.74, 6) is -14.4.